The van der Waals surface area contributed by atoms with Crippen molar-refractivity contribution in [1.29, 1.82) is 5.26 Å². The molecule has 3 heterocycles. The summed E-state index contributed by atoms with van der Waals surface area (Å²) in [5.41, 5.74) is 1.22. The minimum absolute atomic E-state index is 0.0237. The lowest BCUT2D eigenvalue weighted by Gasteiger charge is -2.10. The van der Waals surface area contributed by atoms with Crippen molar-refractivity contribution in [3.63, 3.8) is 0 Å². The molecule has 5 rings (SSSR count). The molecule has 2 aromatic carbocycles. The number of hydrogen-bond donors (Lipinski definition) is 1. The number of benzene rings is 2. The Bertz CT molecular complexity index is 1540. The summed E-state index contributed by atoms with van der Waals surface area (Å²) in [4.78, 5) is 17.7. The van der Waals surface area contributed by atoms with Crippen LogP contribution in [0.1, 0.15) is 28.0 Å². The van der Waals surface area contributed by atoms with Gasteiger partial charge in [0.25, 0.3) is 12.3 Å². The first-order valence-corrected chi connectivity index (χ1v) is 10.1. The fourth-order valence-corrected chi connectivity index (χ4v) is 3.55. The highest BCUT2D eigenvalue weighted by molar-refractivity contribution is 6.08. The van der Waals surface area contributed by atoms with Crippen LogP contribution in [0, 0.1) is 11.3 Å². The van der Waals surface area contributed by atoms with E-state index in [4.69, 9.17) is 0 Å². The SMILES string of the molecule is N#Cc1cnn(-c2ccccc2)c1NC(=O)c1cnn2c(C(F)F)cc(-c3ccccc3)nc12. The molecule has 5 aromatic rings. The van der Waals surface area contributed by atoms with Crippen LogP contribution in [0.3, 0.4) is 0 Å². The van der Waals surface area contributed by atoms with Crippen molar-refractivity contribution in [2.75, 3.05) is 5.32 Å². The highest BCUT2D eigenvalue weighted by Gasteiger charge is 2.23. The van der Waals surface area contributed by atoms with Gasteiger partial charge < -0.3 is 5.32 Å². The molecule has 0 saturated carbocycles. The second-order valence-electron chi connectivity index (χ2n) is 7.25. The molecular weight excluding hydrogens is 440 g/mol. The Hall–Kier alpha value is -4.91. The minimum atomic E-state index is -2.84. The molecule has 3 aromatic heterocycles. The number of carbonyl (C=O) groups is 1. The second-order valence-corrected chi connectivity index (χ2v) is 7.25. The van der Waals surface area contributed by atoms with Gasteiger partial charge in [0.15, 0.2) is 11.5 Å². The van der Waals surface area contributed by atoms with Crippen LogP contribution >= 0.6 is 0 Å². The number of para-hydroxylation sites is 1. The van der Waals surface area contributed by atoms with Gasteiger partial charge in [0, 0.05) is 5.56 Å². The van der Waals surface area contributed by atoms with Crippen LogP contribution in [0.5, 0.6) is 0 Å². The van der Waals surface area contributed by atoms with Crippen molar-refractivity contribution in [3.05, 3.63) is 95.9 Å². The summed E-state index contributed by atoms with van der Waals surface area (Å²) < 4.78 is 30.0. The number of nitrogens with one attached hydrogen (secondary N) is 1. The number of fused-ring (bicyclic) bond motifs is 1. The molecule has 0 radical (unpaired) electrons. The van der Waals surface area contributed by atoms with E-state index >= 15 is 0 Å². The maximum absolute atomic E-state index is 13.8. The van der Waals surface area contributed by atoms with Crippen molar-refractivity contribution >= 4 is 17.4 Å². The van der Waals surface area contributed by atoms with Crippen LogP contribution in [0.15, 0.2) is 79.1 Å². The molecule has 166 valence electrons. The van der Waals surface area contributed by atoms with Gasteiger partial charge >= 0.3 is 0 Å². The van der Waals surface area contributed by atoms with Crippen LogP contribution < -0.4 is 5.32 Å². The summed E-state index contributed by atoms with van der Waals surface area (Å²) in [6.07, 6.45) is -0.332. The van der Waals surface area contributed by atoms with Gasteiger partial charge in [0.2, 0.25) is 0 Å². The zero-order valence-electron chi connectivity index (χ0n) is 17.4. The average molecular weight is 455 g/mol. The van der Waals surface area contributed by atoms with Crippen molar-refractivity contribution in [1.82, 2.24) is 24.4 Å². The van der Waals surface area contributed by atoms with Crippen molar-refractivity contribution < 1.29 is 13.6 Å². The maximum atomic E-state index is 13.8. The molecule has 0 bridgehead atoms. The van der Waals surface area contributed by atoms with E-state index < -0.39 is 18.0 Å². The molecule has 1 N–H and O–H groups in total. The lowest BCUT2D eigenvalue weighted by Crippen LogP contribution is -2.16. The summed E-state index contributed by atoms with van der Waals surface area (Å²) in [5.74, 6) is -0.520. The number of amides is 1. The van der Waals surface area contributed by atoms with Crippen molar-refractivity contribution in [2.24, 2.45) is 0 Å². The van der Waals surface area contributed by atoms with Crippen molar-refractivity contribution in [2.45, 2.75) is 6.43 Å². The predicted octanol–water partition coefficient (Wildman–Crippen LogP) is 4.64. The standard InChI is InChI=1S/C24H15F2N7O/c25-21(26)20-11-19(15-7-3-1-4-8-15)30-23-18(14-29-33(20)23)24(34)31-22-16(12-27)13-28-32(22)17-9-5-2-6-10-17/h1-11,13-14,21H,(H,31,34). The fourth-order valence-electron chi connectivity index (χ4n) is 3.55. The summed E-state index contributed by atoms with van der Waals surface area (Å²) >= 11 is 0. The highest BCUT2D eigenvalue weighted by atomic mass is 19.3. The molecule has 0 aliphatic rings. The van der Waals surface area contributed by atoms with E-state index in [1.54, 1.807) is 54.6 Å². The van der Waals surface area contributed by atoms with E-state index in [1.165, 1.54) is 23.1 Å². The summed E-state index contributed by atoms with van der Waals surface area (Å²) in [7, 11) is 0. The number of hydrogen-bond acceptors (Lipinski definition) is 5. The zero-order valence-corrected chi connectivity index (χ0v) is 17.4. The molecule has 1 amide bonds. The van der Waals surface area contributed by atoms with E-state index in [2.05, 4.69) is 20.5 Å². The Kier molecular flexibility index (Phi) is 5.27. The van der Waals surface area contributed by atoms with Crippen molar-refractivity contribution in [3.8, 4) is 23.0 Å². The molecule has 0 saturated heterocycles. The number of rotatable bonds is 5. The van der Waals surface area contributed by atoms with Crippen LogP contribution in [0.2, 0.25) is 0 Å². The molecule has 8 nitrogen and oxygen atoms in total. The van der Waals surface area contributed by atoms with Crippen LogP contribution in [-0.2, 0) is 0 Å². The Morgan fingerprint density at radius 3 is 2.38 bits per heavy atom. The number of carbonyl (C=O) groups excluding carboxylic acids is 1. The van der Waals surface area contributed by atoms with Crippen LogP contribution in [0.25, 0.3) is 22.6 Å². The zero-order chi connectivity index (χ0) is 23.7. The predicted molar refractivity (Wildman–Crippen MR) is 120 cm³/mol. The second kappa shape index (κ2) is 8.55. The number of nitriles is 1. The Labute approximate surface area is 191 Å². The first-order chi connectivity index (χ1) is 16.6. The Morgan fingerprint density at radius 2 is 1.71 bits per heavy atom. The minimum Gasteiger partial charge on any atom is -0.305 e. The van der Waals surface area contributed by atoms with E-state index in [0.29, 0.717) is 11.3 Å². The Balaban J connectivity index is 1.60. The van der Waals surface area contributed by atoms with Gasteiger partial charge in [-0.05, 0) is 18.2 Å². The highest BCUT2D eigenvalue weighted by Crippen LogP contribution is 2.27. The monoisotopic (exact) mass is 455 g/mol. The van der Waals surface area contributed by atoms with E-state index in [9.17, 15) is 18.8 Å². The summed E-state index contributed by atoms with van der Waals surface area (Å²) in [5, 5.41) is 20.3. The number of aromatic nitrogens is 5. The molecule has 0 spiro atoms. The summed E-state index contributed by atoms with van der Waals surface area (Å²) in [6.45, 7) is 0. The van der Waals surface area contributed by atoms with Gasteiger partial charge in [-0.2, -0.15) is 15.5 Å². The van der Waals surface area contributed by atoms with Crippen LogP contribution in [-0.4, -0.2) is 30.3 Å². The van der Waals surface area contributed by atoms with Gasteiger partial charge in [-0.25, -0.2) is 23.0 Å². The third kappa shape index (κ3) is 3.65. The molecule has 0 aliphatic heterocycles. The molecule has 0 unspecified atom stereocenters. The van der Waals surface area contributed by atoms with Gasteiger partial charge in [0.1, 0.15) is 22.9 Å². The largest absolute Gasteiger partial charge is 0.305 e. The lowest BCUT2D eigenvalue weighted by molar-refractivity contribution is 0.102. The van der Waals surface area contributed by atoms with Gasteiger partial charge in [-0.15, -0.1) is 0 Å². The first kappa shape index (κ1) is 21.0. The van der Waals surface area contributed by atoms with Crippen LogP contribution in [0.4, 0.5) is 14.6 Å². The van der Waals surface area contributed by atoms with E-state index in [-0.39, 0.29) is 28.3 Å². The number of alkyl halides is 2. The number of nitrogens with zero attached hydrogens (tertiary/aromatic N) is 6. The summed E-state index contributed by atoms with van der Waals surface area (Å²) in [6, 6.07) is 21.0. The number of anilines is 1. The molecule has 0 aliphatic carbocycles. The third-order valence-corrected chi connectivity index (χ3v) is 5.16. The molecule has 0 atom stereocenters. The molecule has 0 fully saturated rings. The first-order valence-electron chi connectivity index (χ1n) is 10.1. The lowest BCUT2D eigenvalue weighted by atomic mass is 10.1. The number of halogens is 2. The van der Waals surface area contributed by atoms with E-state index in [1.807, 2.05) is 12.1 Å². The topological polar surface area (TPSA) is 101 Å². The van der Waals surface area contributed by atoms with Gasteiger partial charge in [0.05, 0.1) is 23.8 Å². The van der Waals surface area contributed by atoms with E-state index in [0.717, 1.165) is 4.52 Å². The molecular formula is C24H15F2N7O. The quantitative estimate of drug-likeness (QED) is 0.416. The molecule has 10 heteroatoms. The fraction of sp³-hybridized carbons (Fsp3) is 0.0417. The normalized spacial score (nSPS) is 11.0. The third-order valence-electron chi connectivity index (χ3n) is 5.16. The average Bonchev–Trinajstić information content (AvgIpc) is 3.48. The van der Waals surface area contributed by atoms with Gasteiger partial charge in [-0.3, -0.25) is 4.79 Å². The smallest absolute Gasteiger partial charge is 0.280 e. The van der Waals surface area contributed by atoms with Gasteiger partial charge in [-0.1, -0.05) is 48.5 Å². The molecule has 34 heavy (non-hydrogen) atoms. The Morgan fingerprint density at radius 1 is 1.00 bits per heavy atom. The maximum Gasteiger partial charge on any atom is 0.280 e.